The van der Waals surface area contributed by atoms with Crippen LogP contribution >= 0.6 is 11.6 Å². The standard InChI is InChI=1S/C12H14ClN3O2S/c1-3-16-8-11(7-14-16)19(17,18)15-12-6-10(13)5-4-9(12)2/h4-8,15H,3H2,1-2H3. The highest BCUT2D eigenvalue weighted by Gasteiger charge is 2.17. The molecule has 1 aromatic heterocycles. The Balaban J connectivity index is 2.33. The molecule has 0 unspecified atom stereocenters. The second kappa shape index (κ2) is 5.22. The third-order valence-corrected chi connectivity index (χ3v) is 4.24. The molecule has 0 spiro atoms. The minimum atomic E-state index is -3.63. The minimum absolute atomic E-state index is 0.133. The fourth-order valence-corrected chi connectivity index (χ4v) is 2.81. The van der Waals surface area contributed by atoms with Crippen molar-refractivity contribution in [3.63, 3.8) is 0 Å². The number of rotatable bonds is 4. The average molecular weight is 300 g/mol. The molecular weight excluding hydrogens is 286 g/mol. The molecule has 0 aliphatic rings. The lowest BCUT2D eigenvalue weighted by molar-refractivity contribution is 0.600. The summed E-state index contributed by atoms with van der Waals surface area (Å²) in [6, 6.07) is 5.05. The van der Waals surface area contributed by atoms with Crippen LogP contribution in [0.25, 0.3) is 0 Å². The molecule has 0 amide bonds. The molecule has 0 fully saturated rings. The van der Waals surface area contributed by atoms with E-state index in [1.807, 2.05) is 13.8 Å². The molecule has 0 aliphatic heterocycles. The first-order valence-corrected chi connectivity index (χ1v) is 7.60. The lowest BCUT2D eigenvalue weighted by Crippen LogP contribution is -2.13. The van der Waals surface area contributed by atoms with Gasteiger partial charge in [-0.3, -0.25) is 9.40 Å². The van der Waals surface area contributed by atoms with Crippen molar-refractivity contribution < 1.29 is 8.42 Å². The van der Waals surface area contributed by atoms with Crippen molar-refractivity contribution in [3.8, 4) is 0 Å². The van der Waals surface area contributed by atoms with Gasteiger partial charge in [0.2, 0.25) is 0 Å². The van der Waals surface area contributed by atoms with Gasteiger partial charge in [-0.05, 0) is 31.5 Å². The largest absolute Gasteiger partial charge is 0.279 e. The number of hydrogen-bond acceptors (Lipinski definition) is 3. The minimum Gasteiger partial charge on any atom is -0.279 e. The number of aromatic nitrogens is 2. The van der Waals surface area contributed by atoms with E-state index < -0.39 is 10.0 Å². The summed E-state index contributed by atoms with van der Waals surface area (Å²) in [5, 5.41) is 4.43. The lowest BCUT2D eigenvalue weighted by atomic mass is 10.2. The quantitative estimate of drug-likeness (QED) is 0.944. The summed E-state index contributed by atoms with van der Waals surface area (Å²) >= 11 is 5.87. The van der Waals surface area contributed by atoms with Gasteiger partial charge in [-0.1, -0.05) is 17.7 Å². The number of halogens is 1. The number of nitrogens with zero attached hydrogens (tertiary/aromatic N) is 2. The number of aryl methyl sites for hydroxylation is 2. The SMILES string of the molecule is CCn1cc(S(=O)(=O)Nc2cc(Cl)ccc2C)cn1. The van der Waals surface area contributed by atoms with Gasteiger partial charge < -0.3 is 0 Å². The van der Waals surface area contributed by atoms with Gasteiger partial charge in [0.1, 0.15) is 4.90 Å². The molecule has 0 bridgehead atoms. The molecule has 1 aromatic carbocycles. The van der Waals surface area contributed by atoms with Gasteiger partial charge in [-0.15, -0.1) is 0 Å². The summed E-state index contributed by atoms with van der Waals surface area (Å²) in [6.07, 6.45) is 2.81. The van der Waals surface area contributed by atoms with Crippen LogP contribution in [0.4, 0.5) is 5.69 Å². The van der Waals surface area contributed by atoms with Gasteiger partial charge >= 0.3 is 0 Å². The zero-order chi connectivity index (χ0) is 14.0. The maximum atomic E-state index is 12.2. The molecule has 102 valence electrons. The third-order valence-electron chi connectivity index (χ3n) is 2.69. The summed E-state index contributed by atoms with van der Waals surface area (Å²) in [5.74, 6) is 0. The highest BCUT2D eigenvalue weighted by atomic mass is 35.5. The molecule has 19 heavy (non-hydrogen) atoms. The van der Waals surface area contributed by atoms with Crippen molar-refractivity contribution in [1.29, 1.82) is 0 Å². The Bertz CT molecular complexity index is 695. The van der Waals surface area contributed by atoms with Crippen LogP contribution in [-0.2, 0) is 16.6 Å². The molecule has 0 saturated carbocycles. The number of sulfonamides is 1. The Labute approximate surface area is 117 Å². The molecule has 2 rings (SSSR count). The van der Waals surface area contributed by atoms with E-state index in [0.29, 0.717) is 17.3 Å². The van der Waals surface area contributed by atoms with E-state index in [9.17, 15) is 8.42 Å². The van der Waals surface area contributed by atoms with Crippen LogP contribution in [0.5, 0.6) is 0 Å². The summed E-state index contributed by atoms with van der Waals surface area (Å²) in [4.78, 5) is 0.133. The number of nitrogens with one attached hydrogen (secondary N) is 1. The first-order chi connectivity index (χ1) is 8.92. The molecule has 0 aliphatic carbocycles. The van der Waals surface area contributed by atoms with E-state index in [-0.39, 0.29) is 4.90 Å². The van der Waals surface area contributed by atoms with Crippen molar-refractivity contribution in [2.45, 2.75) is 25.3 Å². The molecular formula is C12H14ClN3O2S. The Morgan fingerprint density at radius 3 is 2.79 bits per heavy atom. The van der Waals surface area contributed by atoms with Gasteiger partial charge in [0.05, 0.1) is 11.9 Å². The topological polar surface area (TPSA) is 64.0 Å². The zero-order valence-corrected chi connectivity index (χ0v) is 12.2. The monoisotopic (exact) mass is 299 g/mol. The van der Waals surface area contributed by atoms with Crippen LogP contribution in [0.2, 0.25) is 5.02 Å². The van der Waals surface area contributed by atoms with Crippen LogP contribution in [0.1, 0.15) is 12.5 Å². The average Bonchev–Trinajstić information content (AvgIpc) is 2.83. The van der Waals surface area contributed by atoms with Gasteiger partial charge in [-0.25, -0.2) is 8.42 Å². The Morgan fingerprint density at radius 1 is 1.42 bits per heavy atom. The summed E-state index contributed by atoms with van der Waals surface area (Å²) in [6.45, 7) is 4.31. The maximum absolute atomic E-state index is 12.2. The first-order valence-electron chi connectivity index (χ1n) is 5.74. The second-order valence-electron chi connectivity index (χ2n) is 4.10. The Morgan fingerprint density at radius 2 is 2.16 bits per heavy atom. The van der Waals surface area contributed by atoms with Gasteiger partial charge in [-0.2, -0.15) is 5.10 Å². The van der Waals surface area contributed by atoms with Gasteiger partial charge in [0, 0.05) is 17.8 Å². The van der Waals surface area contributed by atoms with Gasteiger partial charge in [0.15, 0.2) is 0 Å². The normalized spacial score (nSPS) is 11.5. The third kappa shape index (κ3) is 3.08. The van der Waals surface area contributed by atoms with E-state index in [2.05, 4.69) is 9.82 Å². The number of anilines is 1. The molecule has 5 nitrogen and oxygen atoms in total. The van der Waals surface area contributed by atoms with E-state index in [1.165, 1.54) is 12.4 Å². The van der Waals surface area contributed by atoms with Crippen molar-refractivity contribution in [2.24, 2.45) is 0 Å². The number of hydrogen-bond donors (Lipinski definition) is 1. The first kappa shape index (κ1) is 13.9. The summed E-state index contributed by atoms with van der Waals surface area (Å²) in [5.41, 5.74) is 1.27. The molecule has 7 heteroatoms. The van der Waals surface area contributed by atoms with Crippen molar-refractivity contribution in [1.82, 2.24) is 9.78 Å². The summed E-state index contributed by atoms with van der Waals surface area (Å²) in [7, 11) is -3.63. The molecule has 1 heterocycles. The summed E-state index contributed by atoms with van der Waals surface area (Å²) < 4.78 is 28.4. The van der Waals surface area contributed by atoms with Crippen molar-refractivity contribution in [2.75, 3.05) is 4.72 Å². The smallest absolute Gasteiger partial charge is 0.265 e. The maximum Gasteiger partial charge on any atom is 0.265 e. The van der Waals surface area contributed by atoms with Crippen LogP contribution in [0.15, 0.2) is 35.5 Å². The molecule has 2 aromatic rings. The van der Waals surface area contributed by atoms with E-state index in [1.54, 1.807) is 22.9 Å². The predicted octanol–water partition coefficient (Wildman–Crippen LogP) is 2.67. The number of benzene rings is 1. The van der Waals surface area contributed by atoms with Crippen LogP contribution in [0.3, 0.4) is 0 Å². The van der Waals surface area contributed by atoms with E-state index in [4.69, 9.17) is 11.6 Å². The fourth-order valence-electron chi connectivity index (χ4n) is 1.56. The fraction of sp³-hybridized carbons (Fsp3) is 0.250. The Hall–Kier alpha value is -1.53. The van der Waals surface area contributed by atoms with Gasteiger partial charge in [0.25, 0.3) is 10.0 Å². The molecule has 1 N–H and O–H groups in total. The van der Waals surface area contributed by atoms with Crippen LogP contribution < -0.4 is 4.72 Å². The van der Waals surface area contributed by atoms with E-state index in [0.717, 1.165) is 5.56 Å². The van der Waals surface area contributed by atoms with Crippen LogP contribution in [-0.4, -0.2) is 18.2 Å². The molecule has 0 saturated heterocycles. The molecule has 0 radical (unpaired) electrons. The second-order valence-corrected chi connectivity index (χ2v) is 6.22. The predicted molar refractivity (Wildman–Crippen MR) is 74.9 cm³/mol. The Kier molecular flexibility index (Phi) is 3.82. The van der Waals surface area contributed by atoms with E-state index >= 15 is 0 Å². The lowest BCUT2D eigenvalue weighted by Gasteiger charge is -2.09. The van der Waals surface area contributed by atoms with Crippen molar-refractivity contribution >= 4 is 27.3 Å². The van der Waals surface area contributed by atoms with Crippen molar-refractivity contribution in [3.05, 3.63) is 41.2 Å². The highest BCUT2D eigenvalue weighted by molar-refractivity contribution is 7.92. The molecule has 0 atom stereocenters. The van der Waals surface area contributed by atoms with Crippen LogP contribution in [0, 0.1) is 6.92 Å². The highest BCUT2D eigenvalue weighted by Crippen LogP contribution is 2.23. The zero-order valence-electron chi connectivity index (χ0n) is 10.6.